The molecule has 1 N–H and O–H groups in total. The van der Waals surface area contributed by atoms with E-state index in [1.165, 1.54) is 36.4 Å². The first-order valence-electron chi connectivity index (χ1n) is 10.9. The number of halogens is 5. The average Bonchev–Trinajstić information content (AvgIpc) is 3.06. The monoisotopic (exact) mass is 542 g/mol. The molecule has 2 fully saturated rings. The summed E-state index contributed by atoms with van der Waals surface area (Å²) < 4.78 is 44.0. The zero-order valence-corrected chi connectivity index (χ0v) is 19.9. The van der Waals surface area contributed by atoms with Crippen molar-refractivity contribution >= 4 is 58.3 Å². The second-order valence-electron chi connectivity index (χ2n) is 8.44. The van der Waals surface area contributed by atoms with Crippen LogP contribution in [-0.4, -0.2) is 41.1 Å². The molecular weight excluding hydrogens is 524 g/mol. The van der Waals surface area contributed by atoms with Gasteiger partial charge in [-0.15, -0.1) is 23.2 Å². The SMILES string of the molecule is O=C(COC(=O)c1ccc(N2C(=O)[C@@H]3C[C@@H](Cl)[C@@H](Cl)C[C@H]3C2=O)cc1)Nc1ccccc1C(F)(F)F. The van der Waals surface area contributed by atoms with Crippen molar-refractivity contribution in [3.63, 3.8) is 0 Å². The highest BCUT2D eigenvalue weighted by atomic mass is 35.5. The van der Waals surface area contributed by atoms with E-state index >= 15 is 0 Å². The first-order chi connectivity index (χ1) is 17.0. The van der Waals surface area contributed by atoms with Gasteiger partial charge in [-0.2, -0.15) is 13.2 Å². The molecule has 1 saturated heterocycles. The minimum atomic E-state index is -4.67. The number of ether oxygens (including phenoxy) is 1. The van der Waals surface area contributed by atoms with Crippen LogP contribution in [0.2, 0.25) is 0 Å². The Morgan fingerprint density at radius 1 is 0.944 bits per heavy atom. The van der Waals surface area contributed by atoms with E-state index in [2.05, 4.69) is 5.32 Å². The Bertz CT molecular complexity index is 1180. The molecule has 1 aliphatic carbocycles. The number of carbonyl (C=O) groups is 4. The summed E-state index contributed by atoms with van der Waals surface area (Å²) in [5.74, 6) is -3.75. The Morgan fingerprint density at radius 3 is 2.06 bits per heavy atom. The van der Waals surface area contributed by atoms with E-state index in [9.17, 15) is 32.3 Å². The number of amides is 3. The molecule has 2 aliphatic rings. The molecule has 4 rings (SSSR count). The molecule has 190 valence electrons. The number of esters is 1. The smallest absolute Gasteiger partial charge is 0.418 e. The lowest BCUT2D eigenvalue weighted by Crippen LogP contribution is -2.34. The lowest BCUT2D eigenvalue weighted by Gasteiger charge is -2.28. The van der Waals surface area contributed by atoms with Gasteiger partial charge < -0.3 is 10.1 Å². The summed E-state index contributed by atoms with van der Waals surface area (Å²) in [5.41, 5.74) is -1.22. The number of imide groups is 1. The molecule has 2 aromatic carbocycles. The molecule has 1 aliphatic heterocycles. The number of benzene rings is 2. The molecule has 0 spiro atoms. The quantitative estimate of drug-likeness (QED) is 0.338. The number of rotatable bonds is 5. The van der Waals surface area contributed by atoms with Crippen molar-refractivity contribution in [1.82, 2.24) is 0 Å². The second kappa shape index (κ2) is 10.1. The third-order valence-electron chi connectivity index (χ3n) is 6.11. The largest absolute Gasteiger partial charge is 0.452 e. The van der Waals surface area contributed by atoms with E-state index in [4.69, 9.17) is 27.9 Å². The van der Waals surface area contributed by atoms with Crippen LogP contribution < -0.4 is 10.2 Å². The summed E-state index contributed by atoms with van der Waals surface area (Å²) in [6, 6.07) is 9.81. The fourth-order valence-corrected chi connectivity index (χ4v) is 4.93. The average molecular weight is 543 g/mol. The Balaban J connectivity index is 1.37. The lowest BCUT2D eigenvalue weighted by molar-refractivity contribution is -0.137. The molecule has 0 radical (unpaired) electrons. The van der Waals surface area contributed by atoms with Gasteiger partial charge in [0.1, 0.15) is 0 Å². The Labute approximate surface area is 213 Å². The molecule has 1 heterocycles. The van der Waals surface area contributed by atoms with E-state index in [1.807, 2.05) is 0 Å². The maximum atomic E-state index is 13.1. The van der Waals surface area contributed by atoms with Crippen LogP contribution in [0.5, 0.6) is 0 Å². The van der Waals surface area contributed by atoms with Gasteiger partial charge in [-0.3, -0.25) is 19.3 Å². The van der Waals surface area contributed by atoms with E-state index < -0.39 is 58.5 Å². The number of carbonyl (C=O) groups excluding carboxylic acids is 4. The van der Waals surface area contributed by atoms with E-state index in [1.54, 1.807) is 0 Å². The van der Waals surface area contributed by atoms with Gasteiger partial charge >= 0.3 is 12.1 Å². The van der Waals surface area contributed by atoms with E-state index in [0.29, 0.717) is 12.8 Å². The summed E-state index contributed by atoms with van der Waals surface area (Å²) in [5, 5.41) is 1.24. The predicted molar refractivity (Wildman–Crippen MR) is 125 cm³/mol. The summed E-state index contributed by atoms with van der Waals surface area (Å²) in [6.45, 7) is -0.821. The maximum absolute atomic E-state index is 13.1. The molecule has 0 unspecified atom stereocenters. The third-order valence-corrected chi connectivity index (χ3v) is 7.21. The number of para-hydroxylation sites is 1. The van der Waals surface area contributed by atoms with Gasteiger partial charge in [0.05, 0.1) is 45.1 Å². The lowest BCUT2D eigenvalue weighted by atomic mass is 9.80. The molecule has 4 atom stereocenters. The van der Waals surface area contributed by atoms with Crippen LogP contribution in [0.1, 0.15) is 28.8 Å². The van der Waals surface area contributed by atoms with Gasteiger partial charge in [-0.05, 0) is 49.2 Å². The number of anilines is 2. The number of nitrogens with zero attached hydrogens (tertiary/aromatic N) is 1. The fraction of sp³-hybridized carbons (Fsp3) is 0.333. The number of hydrogen-bond acceptors (Lipinski definition) is 5. The molecule has 0 aromatic heterocycles. The summed E-state index contributed by atoms with van der Waals surface area (Å²) in [6.07, 6.45) is -4.09. The third kappa shape index (κ3) is 5.19. The highest BCUT2D eigenvalue weighted by Crippen LogP contribution is 2.43. The van der Waals surface area contributed by atoms with Crippen LogP contribution >= 0.6 is 23.2 Å². The van der Waals surface area contributed by atoms with Gasteiger partial charge in [0.2, 0.25) is 11.8 Å². The minimum absolute atomic E-state index is 0.0143. The van der Waals surface area contributed by atoms with Gasteiger partial charge in [0.15, 0.2) is 6.61 Å². The highest BCUT2D eigenvalue weighted by molar-refractivity contribution is 6.31. The molecular formula is C24H19Cl2F3N2O5. The molecule has 0 bridgehead atoms. The first kappa shape index (κ1) is 26.0. The molecule has 3 amide bonds. The number of fused-ring (bicyclic) bond motifs is 1. The van der Waals surface area contributed by atoms with Crippen molar-refractivity contribution in [2.24, 2.45) is 11.8 Å². The molecule has 2 aromatic rings. The Hall–Kier alpha value is -3.11. The second-order valence-corrected chi connectivity index (χ2v) is 9.56. The maximum Gasteiger partial charge on any atom is 0.418 e. The standard InChI is InChI=1S/C24H19Cl2F3N2O5/c25-17-9-14-15(10-18(17)26)22(34)31(21(14)33)13-7-5-12(6-8-13)23(35)36-11-20(32)30-19-4-2-1-3-16(19)24(27,28)29/h1-8,14-15,17-18H,9-11H2,(H,30,32)/t14-,15-,17-,18+/m1/s1. The Kier molecular flexibility index (Phi) is 7.28. The van der Waals surface area contributed by atoms with Crippen LogP contribution in [-0.2, 0) is 25.3 Å². The zero-order valence-electron chi connectivity index (χ0n) is 18.4. The van der Waals surface area contributed by atoms with Crippen molar-refractivity contribution in [2.45, 2.75) is 29.8 Å². The predicted octanol–water partition coefficient (Wildman–Crippen LogP) is 4.62. The summed E-state index contributed by atoms with van der Waals surface area (Å²) >= 11 is 12.4. The normalized spacial score (nSPS) is 23.9. The molecule has 7 nitrogen and oxygen atoms in total. The first-order valence-corrected chi connectivity index (χ1v) is 11.7. The van der Waals surface area contributed by atoms with Gasteiger partial charge in [-0.1, -0.05) is 12.1 Å². The molecule has 1 saturated carbocycles. The van der Waals surface area contributed by atoms with Crippen molar-refractivity contribution in [1.29, 1.82) is 0 Å². The topological polar surface area (TPSA) is 92.8 Å². The zero-order chi connectivity index (χ0) is 26.2. The summed E-state index contributed by atoms with van der Waals surface area (Å²) in [7, 11) is 0. The number of nitrogens with one attached hydrogen (secondary N) is 1. The van der Waals surface area contributed by atoms with Gasteiger partial charge in [0.25, 0.3) is 5.91 Å². The fourth-order valence-electron chi connectivity index (χ4n) is 4.34. The number of alkyl halides is 5. The van der Waals surface area contributed by atoms with Crippen LogP contribution in [0.15, 0.2) is 48.5 Å². The molecule has 36 heavy (non-hydrogen) atoms. The van der Waals surface area contributed by atoms with Crippen molar-refractivity contribution in [3.05, 3.63) is 59.7 Å². The van der Waals surface area contributed by atoms with Crippen molar-refractivity contribution in [3.8, 4) is 0 Å². The van der Waals surface area contributed by atoms with Crippen LogP contribution in [0, 0.1) is 11.8 Å². The Morgan fingerprint density at radius 2 is 1.50 bits per heavy atom. The van der Waals surface area contributed by atoms with Crippen LogP contribution in [0.25, 0.3) is 0 Å². The summed E-state index contributed by atoms with van der Waals surface area (Å²) in [4.78, 5) is 51.1. The van der Waals surface area contributed by atoms with Gasteiger partial charge in [0, 0.05) is 0 Å². The van der Waals surface area contributed by atoms with Crippen molar-refractivity contribution < 1.29 is 37.1 Å². The van der Waals surface area contributed by atoms with Crippen LogP contribution in [0.3, 0.4) is 0 Å². The van der Waals surface area contributed by atoms with Gasteiger partial charge in [-0.25, -0.2) is 4.79 Å². The van der Waals surface area contributed by atoms with Crippen LogP contribution in [0.4, 0.5) is 24.5 Å². The number of hydrogen-bond donors (Lipinski definition) is 1. The van der Waals surface area contributed by atoms with E-state index in [-0.39, 0.29) is 23.1 Å². The van der Waals surface area contributed by atoms with E-state index in [0.717, 1.165) is 17.0 Å². The minimum Gasteiger partial charge on any atom is -0.452 e. The van der Waals surface area contributed by atoms with Crippen molar-refractivity contribution in [2.75, 3.05) is 16.8 Å². The molecule has 12 heteroatoms. The highest BCUT2D eigenvalue weighted by Gasteiger charge is 2.52.